The average Bonchev–Trinajstić information content (AvgIpc) is 2.49. The van der Waals surface area contributed by atoms with Crippen LogP contribution < -0.4 is 0 Å². The van der Waals surface area contributed by atoms with Gasteiger partial charge in [-0.1, -0.05) is 48.5 Å². The van der Waals surface area contributed by atoms with Crippen LogP contribution in [0.3, 0.4) is 0 Å². The van der Waals surface area contributed by atoms with E-state index in [1.165, 1.54) is 12.8 Å². The van der Waals surface area contributed by atoms with Crippen molar-refractivity contribution in [3.63, 3.8) is 0 Å². The van der Waals surface area contributed by atoms with Crippen LogP contribution in [-0.4, -0.2) is 61.6 Å². The third kappa shape index (κ3) is 12.8. The molecule has 0 aromatic heterocycles. The fraction of sp³-hybridized carbons (Fsp3) is 0.941. The van der Waals surface area contributed by atoms with Gasteiger partial charge in [-0.25, -0.2) is 0 Å². The number of amides is 1. The first-order valence-corrected chi connectivity index (χ1v) is 8.19. The number of carbonyl (C=O) groups excluding carboxylic acids is 1. The zero-order valence-corrected chi connectivity index (χ0v) is 14.7. The van der Waals surface area contributed by atoms with E-state index in [2.05, 4.69) is 11.8 Å². The number of morpholine rings is 1. The number of carbonyl (C=O) groups is 1. The van der Waals surface area contributed by atoms with Crippen LogP contribution in [0.1, 0.15) is 61.8 Å². The molecule has 1 saturated heterocycles. The van der Waals surface area contributed by atoms with E-state index in [1.54, 1.807) is 11.8 Å². The second-order valence-corrected chi connectivity index (χ2v) is 4.55. The number of rotatable bonds is 5. The summed E-state index contributed by atoms with van der Waals surface area (Å²) in [4.78, 5) is 15.3. The lowest BCUT2D eigenvalue weighted by atomic mass is 10.2. The Balaban J connectivity index is -0.000000595. The van der Waals surface area contributed by atoms with Crippen LogP contribution in [0.25, 0.3) is 0 Å². The van der Waals surface area contributed by atoms with Crippen molar-refractivity contribution in [3.05, 3.63) is 0 Å². The number of nitrogens with zero attached hydrogens (tertiary/aromatic N) is 2. The average molecular weight is 305 g/mol. The number of hydrogen-bond donors (Lipinski definition) is 0. The molecule has 1 rings (SSSR count). The highest BCUT2D eigenvalue weighted by Gasteiger charge is 2.21. The zero-order chi connectivity index (χ0) is 16.0. The van der Waals surface area contributed by atoms with Gasteiger partial charge in [-0.05, 0) is 13.0 Å². The molecule has 0 N–H and O–H groups in total. The molecule has 0 aromatic carbocycles. The van der Waals surface area contributed by atoms with Gasteiger partial charge in [-0.15, -0.1) is 0 Å². The number of hydrogen-bond acceptors (Lipinski definition) is 3. The molecule has 1 heterocycles. The topological polar surface area (TPSA) is 32.8 Å². The predicted octanol–water partition coefficient (Wildman–Crippen LogP) is 3.65. The third-order valence-corrected chi connectivity index (χ3v) is 3.07. The van der Waals surface area contributed by atoms with Crippen molar-refractivity contribution >= 4 is 5.91 Å². The monoisotopic (exact) mass is 304 g/mol. The van der Waals surface area contributed by atoms with Gasteiger partial charge in [0.2, 0.25) is 5.91 Å². The van der Waals surface area contributed by atoms with Gasteiger partial charge in [-0.2, -0.15) is 0 Å². The van der Waals surface area contributed by atoms with Crippen molar-refractivity contribution < 1.29 is 9.53 Å². The zero-order valence-electron chi connectivity index (χ0n) is 14.7. The summed E-state index contributed by atoms with van der Waals surface area (Å²) >= 11 is 0. The van der Waals surface area contributed by atoms with Crippen LogP contribution in [0, 0.1) is 0 Å². The standard InChI is InChI=1S/C12H24N2O2.2C2H6.CH4/c1-4-5-6-14-7-8-16-12(10-14)9-13(3)11(2)15;2*1-2;/h12H,4-10H2,1-3H3;2*1-2H3;1H4/t12-;;;/m1.../s1. The van der Waals surface area contributed by atoms with Gasteiger partial charge in [0.15, 0.2) is 0 Å². The molecular formula is C17H40N2O2. The Bertz CT molecular complexity index is 223. The molecule has 1 amide bonds. The van der Waals surface area contributed by atoms with E-state index in [0.29, 0.717) is 6.54 Å². The number of ether oxygens (including phenoxy) is 1. The molecule has 0 aliphatic carbocycles. The van der Waals surface area contributed by atoms with Crippen molar-refractivity contribution in [3.8, 4) is 0 Å². The van der Waals surface area contributed by atoms with Gasteiger partial charge < -0.3 is 9.64 Å². The summed E-state index contributed by atoms with van der Waals surface area (Å²) in [6, 6.07) is 0. The van der Waals surface area contributed by atoms with Crippen LogP contribution in [0.4, 0.5) is 0 Å². The fourth-order valence-electron chi connectivity index (χ4n) is 1.91. The summed E-state index contributed by atoms with van der Waals surface area (Å²) in [5.41, 5.74) is 0. The molecule has 0 unspecified atom stereocenters. The van der Waals surface area contributed by atoms with Crippen molar-refractivity contribution in [1.82, 2.24) is 9.80 Å². The van der Waals surface area contributed by atoms with Crippen LogP contribution in [0.15, 0.2) is 0 Å². The molecule has 0 radical (unpaired) electrons. The molecule has 0 saturated carbocycles. The Kier molecular flexibility index (Phi) is 21.1. The largest absolute Gasteiger partial charge is 0.374 e. The minimum absolute atomic E-state index is 0. The van der Waals surface area contributed by atoms with Crippen molar-refractivity contribution in [2.24, 2.45) is 0 Å². The van der Waals surface area contributed by atoms with Gasteiger partial charge >= 0.3 is 0 Å². The molecule has 0 bridgehead atoms. The molecule has 1 atom stereocenters. The van der Waals surface area contributed by atoms with E-state index >= 15 is 0 Å². The fourth-order valence-corrected chi connectivity index (χ4v) is 1.91. The Labute approximate surface area is 133 Å². The summed E-state index contributed by atoms with van der Waals surface area (Å²) < 4.78 is 5.67. The lowest BCUT2D eigenvalue weighted by Gasteiger charge is -2.34. The van der Waals surface area contributed by atoms with Gasteiger partial charge in [-0.3, -0.25) is 9.69 Å². The molecule has 1 aliphatic rings. The van der Waals surface area contributed by atoms with Crippen molar-refractivity contribution in [2.45, 2.75) is 67.9 Å². The first kappa shape index (κ1) is 25.3. The molecular weight excluding hydrogens is 264 g/mol. The van der Waals surface area contributed by atoms with E-state index in [4.69, 9.17) is 4.74 Å². The maximum absolute atomic E-state index is 11.1. The van der Waals surface area contributed by atoms with Crippen LogP contribution in [0.5, 0.6) is 0 Å². The van der Waals surface area contributed by atoms with Crippen LogP contribution in [-0.2, 0) is 9.53 Å². The predicted molar refractivity (Wildman–Crippen MR) is 93.8 cm³/mol. The minimum Gasteiger partial charge on any atom is -0.374 e. The molecule has 21 heavy (non-hydrogen) atoms. The lowest BCUT2D eigenvalue weighted by molar-refractivity contribution is -0.130. The summed E-state index contributed by atoms with van der Waals surface area (Å²) in [7, 11) is 1.83. The molecule has 4 heteroatoms. The molecule has 4 nitrogen and oxygen atoms in total. The van der Waals surface area contributed by atoms with E-state index in [1.807, 2.05) is 34.7 Å². The van der Waals surface area contributed by atoms with Crippen molar-refractivity contribution in [2.75, 3.05) is 39.8 Å². The summed E-state index contributed by atoms with van der Waals surface area (Å²) in [6.45, 7) is 16.4. The van der Waals surface area contributed by atoms with Gasteiger partial charge in [0.25, 0.3) is 0 Å². The molecule has 1 fully saturated rings. The SMILES string of the molecule is C.CC.CC.CCCCN1CCO[C@H](CN(C)C(C)=O)C1. The smallest absolute Gasteiger partial charge is 0.219 e. The summed E-state index contributed by atoms with van der Waals surface area (Å²) in [5, 5.41) is 0. The molecule has 0 aromatic rings. The van der Waals surface area contributed by atoms with E-state index < -0.39 is 0 Å². The minimum atomic E-state index is 0. The van der Waals surface area contributed by atoms with E-state index in [0.717, 1.165) is 26.2 Å². The second-order valence-electron chi connectivity index (χ2n) is 4.55. The summed E-state index contributed by atoms with van der Waals surface area (Å²) in [6.07, 6.45) is 2.66. The van der Waals surface area contributed by atoms with Crippen LogP contribution in [0.2, 0.25) is 0 Å². The molecule has 0 spiro atoms. The van der Waals surface area contributed by atoms with Crippen molar-refractivity contribution in [1.29, 1.82) is 0 Å². The van der Waals surface area contributed by atoms with Gasteiger partial charge in [0, 0.05) is 33.6 Å². The van der Waals surface area contributed by atoms with E-state index in [9.17, 15) is 4.79 Å². The highest BCUT2D eigenvalue weighted by atomic mass is 16.5. The normalized spacial score (nSPS) is 17.4. The highest BCUT2D eigenvalue weighted by molar-refractivity contribution is 5.72. The molecule has 130 valence electrons. The highest BCUT2D eigenvalue weighted by Crippen LogP contribution is 2.07. The lowest BCUT2D eigenvalue weighted by Crippen LogP contribution is -2.47. The third-order valence-electron chi connectivity index (χ3n) is 3.07. The number of unbranched alkanes of at least 4 members (excludes halogenated alkanes) is 1. The van der Waals surface area contributed by atoms with Crippen LogP contribution >= 0.6 is 0 Å². The van der Waals surface area contributed by atoms with Gasteiger partial charge in [0.05, 0.1) is 12.7 Å². The Morgan fingerprint density at radius 1 is 1.29 bits per heavy atom. The Morgan fingerprint density at radius 2 is 1.86 bits per heavy atom. The second kappa shape index (κ2) is 17.4. The molecule has 1 aliphatic heterocycles. The van der Waals surface area contributed by atoms with E-state index in [-0.39, 0.29) is 19.4 Å². The maximum Gasteiger partial charge on any atom is 0.219 e. The first-order valence-electron chi connectivity index (χ1n) is 8.19. The summed E-state index contributed by atoms with van der Waals surface area (Å²) in [5.74, 6) is 0.106. The quantitative estimate of drug-likeness (QED) is 0.777. The first-order chi connectivity index (χ1) is 9.63. The van der Waals surface area contributed by atoms with Gasteiger partial charge in [0.1, 0.15) is 0 Å². The maximum atomic E-state index is 11.1. The Hall–Kier alpha value is -0.610. The Morgan fingerprint density at radius 3 is 2.33 bits per heavy atom. The number of likely N-dealkylation sites (N-methyl/N-ethyl adjacent to an activating group) is 1.